The molecule has 3 nitrogen and oxygen atoms in total. The molecular weight excluding hydrogens is 356 g/mol. The van der Waals surface area contributed by atoms with Crippen LogP contribution in [0.4, 0.5) is 0 Å². The number of thiophene rings is 1. The van der Waals surface area contributed by atoms with Gasteiger partial charge < -0.3 is 10.2 Å². The molecule has 0 bridgehead atoms. The van der Waals surface area contributed by atoms with E-state index < -0.39 is 11.6 Å². The van der Waals surface area contributed by atoms with Crippen molar-refractivity contribution in [3.05, 3.63) is 62.3 Å². The fourth-order valence-corrected chi connectivity index (χ4v) is 4.96. The SMILES string of the molecule is CCC(CC)(c1ccc(C(=O)O)c(C)c1)c1cc(C)c(/C=C/C(C)(C)O)s1. The molecular formula is C23H30O3S. The summed E-state index contributed by atoms with van der Waals surface area (Å²) in [4.78, 5) is 13.8. The molecule has 1 aromatic heterocycles. The third-order valence-electron chi connectivity index (χ3n) is 5.29. The lowest BCUT2D eigenvalue weighted by atomic mass is 9.74. The number of hydrogen-bond acceptors (Lipinski definition) is 3. The largest absolute Gasteiger partial charge is 0.478 e. The zero-order chi connectivity index (χ0) is 20.4. The summed E-state index contributed by atoms with van der Waals surface area (Å²) in [6.45, 7) is 11.9. The fourth-order valence-electron chi connectivity index (χ4n) is 3.53. The van der Waals surface area contributed by atoms with Crippen LogP contribution in [0.2, 0.25) is 0 Å². The predicted octanol–water partition coefficient (Wildman–Crippen LogP) is 5.95. The molecule has 0 fully saturated rings. The molecule has 1 aromatic carbocycles. The van der Waals surface area contributed by atoms with Crippen molar-refractivity contribution in [1.82, 2.24) is 0 Å². The Morgan fingerprint density at radius 2 is 1.74 bits per heavy atom. The third kappa shape index (κ3) is 4.50. The summed E-state index contributed by atoms with van der Waals surface area (Å²) in [6.07, 6.45) is 5.69. The van der Waals surface area contributed by atoms with Crippen molar-refractivity contribution in [2.24, 2.45) is 0 Å². The lowest BCUT2D eigenvalue weighted by molar-refractivity contribution is 0.0696. The Bertz CT molecular complexity index is 849. The Balaban J connectivity index is 2.56. The normalized spacial score (nSPS) is 12.7. The molecule has 2 rings (SSSR count). The topological polar surface area (TPSA) is 57.5 Å². The fraction of sp³-hybridized carbons (Fsp3) is 0.435. The molecule has 0 saturated heterocycles. The predicted molar refractivity (Wildman–Crippen MR) is 114 cm³/mol. The van der Waals surface area contributed by atoms with E-state index in [2.05, 4.69) is 26.8 Å². The smallest absolute Gasteiger partial charge is 0.335 e. The van der Waals surface area contributed by atoms with Gasteiger partial charge in [0.25, 0.3) is 0 Å². The molecule has 0 aliphatic heterocycles. The van der Waals surface area contributed by atoms with E-state index in [-0.39, 0.29) is 5.41 Å². The van der Waals surface area contributed by atoms with Gasteiger partial charge in [-0.3, -0.25) is 0 Å². The van der Waals surface area contributed by atoms with Crippen LogP contribution in [0.25, 0.3) is 6.08 Å². The molecule has 146 valence electrons. The second kappa shape index (κ2) is 7.99. The molecule has 0 saturated carbocycles. The summed E-state index contributed by atoms with van der Waals surface area (Å²) in [5, 5.41) is 19.3. The minimum absolute atomic E-state index is 0.141. The van der Waals surface area contributed by atoms with Crippen LogP contribution >= 0.6 is 11.3 Å². The van der Waals surface area contributed by atoms with Gasteiger partial charge in [0.1, 0.15) is 0 Å². The lowest BCUT2D eigenvalue weighted by Crippen LogP contribution is -2.25. The molecule has 1 heterocycles. The van der Waals surface area contributed by atoms with Gasteiger partial charge in [-0.15, -0.1) is 11.3 Å². The second-order valence-corrected chi connectivity index (χ2v) is 8.85. The van der Waals surface area contributed by atoms with Gasteiger partial charge in [-0.2, -0.15) is 0 Å². The second-order valence-electron chi connectivity index (χ2n) is 7.77. The first-order chi connectivity index (χ1) is 12.5. The highest BCUT2D eigenvalue weighted by Crippen LogP contribution is 2.44. The summed E-state index contributed by atoms with van der Waals surface area (Å²) in [5.41, 5.74) is 2.53. The van der Waals surface area contributed by atoms with Gasteiger partial charge >= 0.3 is 5.97 Å². The highest BCUT2D eigenvalue weighted by Gasteiger charge is 2.33. The van der Waals surface area contributed by atoms with E-state index in [9.17, 15) is 15.0 Å². The summed E-state index contributed by atoms with van der Waals surface area (Å²) in [5.74, 6) is -0.886. The molecule has 0 amide bonds. The van der Waals surface area contributed by atoms with E-state index in [4.69, 9.17) is 0 Å². The van der Waals surface area contributed by atoms with Crippen LogP contribution in [0.5, 0.6) is 0 Å². The molecule has 0 aliphatic rings. The Morgan fingerprint density at radius 3 is 2.22 bits per heavy atom. The van der Waals surface area contributed by atoms with Gasteiger partial charge in [0.15, 0.2) is 0 Å². The molecule has 0 spiro atoms. The van der Waals surface area contributed by atoms with E-state index in [1.165, 1.54) is 10.4 Å². The first-order valence-corrected chi connectivity index (χ1v) is 10.2. The number of benzene rings is 1. The van der Waals surface area contributed by atoms with Crippen LogP contribution < -0.4 is 0 Å². The van der Waals surface area contributed by atoms with E-state index in [1.807, 2.05) is 31.2 Å². The van der Waals surface area contributed by atoms with Gasteiger partial charge in [-0.05, 0) is 75.4 Å². The number of hydrogen-bond donors (Lipinski definition) is 2. The van der Waals surface area contributed by atoms with Crippen LogP contribution in [-0.2, 0) is 5.41 Å². The number of carbonyl (C=O) groups is 1. The maximum Gasteiger partial charge on any atom is 0.335 e. The van der Waals surface area contributed by atoms with Gasteiger partial charge in [-0.1, -0.05) is 32.1 Å². The van der Waals surface area contributed by atoms with Crippen LogP contribution in [0.15, 0.2) is 30.3 Å². The van der Waals surface area contributed by atoms with Crippen LogP contribution in [0.3, 0.4) is 0 Å². The van der Waals surface area contributed by atoms with Crippen molar-refractivity contribution in [3.8, 4) is 0 Å². The van der Waals surface area contributed by atoms with Gasteiger partial charge in [-0.25, -0.2) is 4.79 Å². The lowest BCUT2D eigenvalue weighted by Gasteiger charge is -2.32. The summed E-state index contributed by atoms with van der Waals surface area (Å²) in [7, 11) is 0. The van der Waals surface area contributed by atoms with E-state index >= 15 is 0 Å². The molecule has 2 N–H and O–H groups in total. The molecule has 2 aromatic rings. The first kappa shape index (κ1) is 21.4. The molecule has 0 radical (unpaired) electrons. The van der Waals surface area contributed by atoms with Crippen molar-refractivity contribution in [1.29, 1.82) is 0 Å². The zero-order valence-corrected chi connectivity index (χ0v) is 17.9. The average Bonchev–Trinajstić information content (AvgIpc) is 2.95. The Hall–Kier alpha value is -1.91. The first-order valence-electron chi connectivity index (χ1n) is 9.41. The standard InChI is InChI=1S/C23H30O3S/c1-7-23(8-2,17-9-10-18(21(24)25)15(3)13-17)20-14-16(4)19(27-20)11-12-22(5,6)26/h9-14,26H,7-8H2,1-6H3,(H,24,25)/b12-11+. The van der Waals surface area contributed by atoms with Gasteiger partial charge in [0, 0.05) is 15.2 Å². The Labute approximate surface area is 166 Å². The average molecular weight is 387 g/mol. The van der Waals surface area contributed by atoms with Crippen molar-refractivity contribution >= 4 is 23.4 Å². The zero-order valence-electron chi connectivity index (χ0n) is 17.1. The number of rotatable bonds is 7. The Morgan fingerprint density at radius 1 is 1.11 bits per heavy atom. The molecule has 27 heavy (non-hydrogen) atoms. The number of aryl methyl sites for hydroxylation is 2. The minimum Gasteiger partial charge on any atom is -0.478 e. The number of carboxylic acid groups (broad SMARTS) is 1. The van der Waals surface area contributed by atoms with Crippen molar-refractivity contribution in [3.63, 3.8) is 0 Å². The number of carboxylic acids is 1. The van der Waals surface area contributed by atoms with E-state index in [0.717, 1.165) is 28.8 Å². The van der Waals surface area contributed by atoms with Crippen LogP contribution in [-0.4, -0.2) is 21.8 Å². The Kier molecular flexibility index (Phi) is 6.33. The van der Waals surface area contributed by atoms with Gasteiger partial charge in [0.2, 0.25) is 0 Å². The highest BCUT2D eigenvalue weighted by molar-refractivity contribution is 7.13. The summed E-state index contributed by atoms with van der Waals surface area (Å²) >= 11 is 1.75. The maximum absolute atomic E-state index is 11.4. The van der Waals surface area contributed by atoms with Gasteiger partial charge in [0.05, 0.1) is 11.2 Å². The third-order valence-corrected chi connectivity index (χ3v) is 6.69. The van der Waals surface area contributed by atoms with Crippen molar-refractivity contribution in [2.75, 3.05) is 0 Å². The van der Waals surface area contributed by atoms with Crippen molar-refractivity contribution < 1.29 is 15.0 Å². The summed E-state index contributed by atoms with van der Waals surface area (Å²) in [6, 6.07) is 7.95. The number of aliphatic hydroxyl groups is 1. The van der Waals surface area contributed by atoms with Crippen LogP contribution in [0, 0.1) is 13.8 Å². The molecule has 0 aliphatic carbocycles. The maximum atomic E-state index is 11.4. The number of aromatic carboxylic acids is 1. The monoisotopic (exact) mass is 386 g/mol. The molecule has 0 atom stereocenters. The molecule has 4 heteroatoms. The van der Waals surface area contributed by atoms with Crippen LogP contribution in [0.1, 0.15) is 77.3 Å². The molecule has 0 unspecified atom stereocenters. The minimum atomic E-state index is -0.886. The van der Waals surface area contributed by atoms with Crippen molar-refractivity contribution in [2.45, 2.75) is 65.4 Å². The van der Waals surface area contributed by atoms with E-state index in [0.29, 0.717) is 5.56 Å². The van der Waals surface area contributed by atoms with E-state index in [1.54, 1.807) is 31.3 Å². The highest BCUT2D eigenvalue weighted by atomic mass is 32.1. The quantitative estimate of drug-likeness (QED) is 0.618. The summed E-state index contributed by atoms with van der Waals surface area (Å²) < 4.78 is 0.